The molecule has 1 fully saturated rings. The summed E-state index contributed by atoms with van der Waals surface area (Å²) in [6.45, 7) is 3.40. The highest BCUT2D eigenvalue weighted by molar-refractivity contribution is 7.90. The van der Waals surface area contributed by atoms with Gasteiger partial charge >= 0.3 is 0 Å². The van der Waals surface area contributed by atoms with Crippen molar-refractivity contribution in [3.05, 3.63) is 35.4 Å². The van der Waals surface area contributed by atoms with E-state index in [1.807, 2.05) is 0 Å². The van der Waals surface area contributed by atoms with Crippen LogP contribution in [0.5, 0.6) is 0 Å². The van der Waals surface area contributed by atoms with Crippen molar-refractivity contribution in [3.8, 4) is 0 Å². The summed E-state index contributed by atoms with van der Waals surface area (Å²) in [4.78, 5) is 6.42. The molecule has 0 unspecified atom stereocenters. The van der Waals surface area contributed by atoms with Crippen LogP contribution in [-0.4, -0.2) is 77.2 Å². The maximum absolute atomic E-state index is 13.3. The van der Waals surface area contributed by atoms with Gasteiger partial charge in [0.15, 0.2) is 17.6 Å². The van der Waals surface area contributed by atoms with Gasteiger partial charge in [-0.1, -0.05) is 6.07 Å². The van der Waals surface area contributed by atoms with E-state index in [1.54, 1.807) is 13.1 Å². The topological polar surface area (TPSA) is 83.0 Å². The van der Waals surface area contributed by atoms with Crippen molar-refractivity contribution in [2.45, 2.75) is 25.4 Å². The van der Waals surface area contributed by atoms with Crippen LogP contribution in [0.1, 0.15) is 18.4 Å². The predicted octanol–water partition coefficient (Wildman–Crippen LogP) is 1.16. The fourth-order valence-electron chi connectivity index (χ4n) is 3.07. The van der Waals surface area contributed by atoms with E-state index in [4.69, 9.17) is 4.74 Å². The van der Waals surface area contributed by atoms with E-state index >= 15 is 0 Å². The molecule has 0 spiro atoms. The van der Waals surface area contributed by atoms with Crippen LogP contribution in [0.2, 0.25) is 0 Å². The lowest BCUT2D eigenvalue weighted by Crippen LogP contribution is -2.49. The summed E-state index contributed by atoms with van der Waals surface area (Å²) in [6.07, 6.45) is 3.01. The normalized spacial score (nSPS) is 16.8. The Bertz CT molecular complexity index is 782. The molecule has 1 aromatic carbocycles. The highest BCUT2D eigenvalue weighted by Gasteiger charge is 2.20. The summed E-state index contributed by atoms with van der Waals surface area (Å²) in [5.41, 5.74) is 0.767. The number of piperidine rings is 1. The molecule has 29 heavy (non-hydrogen) atoms. The second kappa shape index (κ2) is 11.4. The third kappa shape index (κ3) is 9.05. The molecule has 0 aliphatic carbocycles. The summed E-state index contributed by atoms with van der Waals surface area (Å²) < 4.78 is 53.7. The van der Waals surface area contributed by atoms with Crippen LogP contribution >= 0.6 is 0 Å². The zero-order valence-corrected chi connectivity index (χ0v) is 17.8. The van der Waals surface area contributed by atoms with Crippen molar-refractivity contribution < 1.29 is 21.9 Å². The van der Waals surface area contributed by atoms with E-state index in [9.17, 15) is 17.2 Å². The van der Waals surface area contributed by atoms with Gasteiger partial charge < -0.3 is 15.4 Å². The van der Waals surface area contributed by atoms with Crippen LogP contribution in [0.25, 0.3) is 0 Å². The van der Waals surface area contributed by atoms with Gasteiger partial charge in [0.05, 0.1) is 19.0 Å². The van der Waals surface area contributed by atoms with Crippen LogP contribution < -0.4 is 10.6 Å². The SMILES string of the molecule is CN=C(NCCOCCS(C)(=O)=O)NC1CCN(Cc2ccc(F)c(F)c2)CC1. The van der Waals surface area contributed by atoms with Crippen LogP contribution in [-0.2, 0) is 21.1 Å². The van der Waals surface area contributed by atoms with Gasteiger partial charge in [0, 0.05) is 45.5 Å². The zero-order chi connectivity index (χ0) is 21.3. The maximum atomic E-state index is 13.3. The molecule has 0 atom stereocenters. The van der Waals surface area contributed by atoms with Gasteiger partial charge in [0.2, 0.25) is 0 Å². The number of aliphatic imine (C=N–C) groups is 1. The summed E-state index contributed by atoms with van der Waals surface area (Å²) in [6, 6.07) is 4.31. The van der Waals surface area contributed by atoms with Crippen molar-refractivity contribution in [2.75, 3.05) is 51.9 Å². The second-order valence-corrected chi connectivity index (χ2v) is 9.44. The molecular formula is C19H30F2N4O3S. The number of benzene rings is 1. The first-order chi connectivity index (χ1) is 13.8. The average Bonchev–Trinajstić information content (AvgIpc) is 2.67. The first kappa shape index (κ1) is 23.5. The summed E-state index contributed by atoms with van der Waals surface area (Å²) in [5.74, 6) is -0.940. The number of hydrogen-bond donors (Lipinski definition) is 2. The Morgan fingerprint density at radius 1 is 1.24 bits per heavy atom. The molecule has 0 saturated carbocycles. The van der Waals surface area contributed by atoms with Crippen molar-refractivity contribution >= 4 is 15.8 Å². The third-order valence-electron chi connectivity index (χ3n) is 4.68. The molecule has 2 N–H and O–H groups in total. The standard InChI is InChI=1S/C19H30F2N4O3S/c1-22-19(23-7-10-28-11-12-29(2,26)27)24-16-5-8-25(9-6-16)14-15-3-4-17(20)18(21)13-15/h3-4,13,16H,5-12,14H2,1-2H3,(H2,22,23,24). The molecule has 164 valence electrons. The van der Waals surface area contributed by atoms with Gasteiger partial charge in [0.25, 0.3) is 0 Å². The van der Waals surface area contributed by atoms with Crippen molar-refractivity contribution in [2.24, 2.45) is 4.99 Å². The van der Waals surface area contributed by atoms with E-state index in [-0.39, 0.29) is 18.4 Å². The molecule has 0 radical (unpaired) electrons. The van der Waals surface area contributed by atoms with Gasteiger partial charge in [-0.05, 0) is 30.5 Å². The van der Waals surface area contributed by atoms with E-state index in [1.165, 1.54) is 18.4 Å². The number of nitrogens with zero attached hydrogens (tertiary/aromatic N) is 2. The van der Waals surface area contributed by atoms with Crippen LogP contribution in [0.15, 0.2) is 23.2 Å². The second-order valence-electron chi connectivity index (χ2n) is 7.18. The molecular weight excluding hydrogens is 402 g/mol. The predicted molar refractivity (Wildman–Crippen MR) is 110 cm³/mol. The molecule has 1 aromatic rings. The quantitative estimate of drug-likeness (QED) is 0.346. The molecule has 1 heterocycles. The Kier molecular flexibility index (Phi) is 9.25. The lowest BCUT2D eigenvalue weighted by atomic mass is 10.0. The minimum absolute atomic E-state index is 0.0170. The highest BCUT2D eigenvalue weighted by atomic mass is 32.2. The Labute approximate surface area is 171 Å². The van der Waals surface area contributed by atoms with E-state index in [2.05, 4.69) is 20.5 Å². The number of likely N-dealkylation sites (tertiary alicyclic amines) is 1. The molecule has 2 rings (SSSR count). The summed E-state index contributed by atoms with van der Waals surface area (Å²) in [5, 5.41) is 6.52. The number of sulfone groups is 1. The number of ether oxygens (including phenoxy) is 1. The van der Waals surface area contributed by atoms with Crippen molar-refractivity contribution in [1.29, 1.82) is 0 Å². The van der Waals surface area contributed by atoms with Gasteiger partial charge in [-0.25, -0.2) is 17.2 Å². The van der Waals surface area contributed by atoms with Gasteiger partial charge in [-0.15, -0.1) is 0 Å². The van der Waals surface area contributed by atoms with Crippen LogP contribution in [0, 0.1) is 11.6 Å². The molecule has 1 aliphatic heterocycles. The molecule has 0 aromatic heterocycles. The number of hydrogen-bond acceptors (Lipinski definition) is 5. The molecule has 7 nitrogen and oxygen atoms in total. The first-order valence-corrected chi connectivity index (χ1v) is 11.7. The summed E-state index contributed by atoms with van der Waals surface area (Å²) in [7, 11) is -1.31. The van der Waals surface area contributed by atoms with Crippen molar-refractivity contribution in [1.82, 2.24) is 15.5 Å². The number of nitrogens with one attached hydrogen (secondary N) is 2. The number of guanidine groups is 1. The largest absolute Gasteiger partial charge is 0.379 e. The third-order valence-corrected chi connectivity index (χ3v) is 5.59. The number of rotatable bonds is 9. The fourth-order valence-corrected chi connectivity index (χ4v) is 3.49. The minimum atomic E-state index is -3.00. The van der Waals surface area contributed by atoms with E-state index in [0.29, 0.717) is 25.7 Å². The first-order valence-electron chi connectivity index (χ1n) is 9.66. The fraction of sp³-hybridized carbons (Fsp3) is 0.632. The lowest BCUT2D eigenvalue weighted by molar-refractivity contribution is 0.153. The maximum Gasteiger partial charge on any atom is 0.191 e. The van der Waals surface area contributed by atoms with Crippen LogP contribution in [0.3, 0.4) is 0 Å². The monoisotopic (exact) mass is 432 g/mol. The number of halogens is 2. The Hall–Kier alpha value is -1.78. The average molecular weight is 433 g/mol. The van der Waals surface area contributed by atoms with Crippen LogP contribution in [0.4, 0.5) is 8.78 Å². The Balaban J connectivity index is 1.64. The Morgan fingerprint density at radius 3 is 2.59 bits per heavy atom. The molecule has 1 aliphatic rings. The van der Waals surface area contributed by atoms with Gasteiger partial charge in [0.1, 0.15) is 9.84 Å². The van der Waals surface area contributed by atoms with Gasteiger partial charge in [-0.3, -0.25) is 9.89 Å². The smallest absolute Gasteiger partial charge is 0.191 e. The van der Waals surface area contributed by atoms with E-state index in [0.717, 1.165) is 31.5 Å². The zero-order valence-electron chi connectivity index (χ0n) is 17.0. The Morgan fingerprint density at radius 2 is 1.97 bits per heavy atom. The van der Waals surface area contributed by atoms with Gasteiger partial charge in [-0.2, -0.15) is 0 Å². The molecule has 0 amide bonds. The summed E-state index contributed by atoms with van der Waals surface area (Å²) >= 11 is 0. The molecule has 1 saturated heterocycles. The minimum Gasteiger partial charge on any atom is -0.379 e. The lowest BCUT2D eigenvalue weighted by Gasteiger charge is -2.33. The van der Waals surface area contributed by atoms with Crippen molar-refractivity contribution in [3.63, 3.8) is 0 Å². The molecule has 10 heteroatoms. The molecule has 0 bridgehead atoms. The van der Waals surface area contributed by atoms with E-state index < -0.39 is 21.5 Å². The highest BCUT2D eigenvalue weighted by Crippen LogP contribution is 2.15.